The highest BCUT2D eigenvalue weighted by atomic mass is 16.4. The molecule has 60 heavy (non-hydrogen) atoms. The van der Waals surface area contributed by atoms with E-state index in [1.165, 1.54) is 0 Å². The summed E-state index contributed by atoms with van der Waals surface area (Å²) in [5.41, 5.74) is 0.959. The van der Waals surface area contributed by atoms with Crippen LogP contribution >= 0.6 is 0 Å². The molecule has 20 heteroatoms. The van der Waals surface area contributed by atoms with Crippen LogP contribution in [0, 0.1) is 23.7 Å². The van der Waals surface area contributed by atoms with Crippen LogP contribution in [0.4, 0.5) is 0 Å². The van der Waals surface area contributed by atoms with Crippen molar-refractivity contribution >= 4 is 23.9 Å². The molecule has 4 aromatic rings. The predicted octanol–water partition coefficient (Wildman–Crippen LogP) is 3.77. The summed E-state index contributed by atoms with van der Waals surface area (Å²) in [6.45, 7) is 0. The Hall–Kier alpha value is -7.64. The van der Waals surface area contributed by atoms with Crippen molar-refractivity contribution in [3.63, 3.8) is 0 Å². The Kier molecular flexibility index (Phi) is 15.7. The van der Waals surface area contributed by atoms with Crippen LogP contribution < -0.4 is 0 Å². The minimum absolute atomic E-state index is 0.0400. The van der Waals surface area contributed by atoms with Gasteiger partial charge >= 0.3 is 23.9 Å². The molecule has 0 saturated carbocycles. The Bertz CT molecular complexity index is 1970. The molecule has 4 atom stereocenters. The van der Waals surface area contributed by atoms with Crippen LogP contribution in [0.1, 0.15) is 47.9 Å². The molecule has 0 spiro atoms. The number of hydrogen-bond acceptors (Lipinski definition) is 16. The fraction of sp³-hybridized carbons (Fsp3) is 0.300. The number of rotatable bonds is 18. The fourth-order valence-electron chi connectivity index (χ4n) is 6.65. The first-order chi connectivity index (χ1) is 28.0. The molecule has 4 aromatic carbocycles. The number of benzene rings is 4. The number of carbonyl (C=O) groups is 4. The van der Waals surface area contributed by atoms with Crippen molar-refractivity contribution in [3.8, 4) is 69.0 Å². The molecule has 4 rings (SSSR count). The number of aromatic hydroxyl groups is 12. The van der Waals surface area contributed by atoms with Crippen LogP contribution in [0.2, 0.25) is 0 Å². The smallest absolute Gasteiger partial charge is 0.307 e. The lowest BCUT2D eigenvalue weighted by Gasteiger charge is -2.24. The van der Waals surface area contributed by atoms with E-state index >= 15 is 0 Å². The summed E-state index contributed by atoms with van der Waals surface area (Å²) in [6.07, 6.45) is -1.25. The van der Waals surface area contributed by atoms with Crippen LogP contribution in [-0.4, -0.2) is 106 Å². The van der Waals surface area contributed by atoms with Crippen molar-refractivity contribution in [1.82, 2.24) is 0 Å². The molecule has 0 saturated heterocycles. The first-order valence-corrected chi connectivity index (χ1v) is 17.8. The molecular weight excluding hydrogens is 800 g/mol. The standard InChI is InChI=1S/2C20H22O10/c2*21-13-5-9(6-14(22)18(13)27)3-11(1-2-17(25)26)12(20(29)30)4-10-7-15(23)19(28)16(24)8-10/h2*5-8,11-12,21-24,27-28H,1-4H2,(H,25,26)(H,29,30)/t2*11-,12-/m10/s1. The Morgan fingerprint density at radius 1 is 0.350 bits per heavy atom. The van der Waals surface area contributed by atoms with Crippen LogP contribution in [0.3, 0.4) is 0 Å². The van der Waals surface area contributed by atoms with Gasteiger partial charge in [0.1, 0.15) is 0 Å². The number of phenols is 12. The molecule has 0 aromatic heterocycles. The Labute approximate surface area is 339 Å². The highest BCUT2D eigenvalue weighted by molar-refractivity contribution is 5.72. The lowest BCUT2D eigenvalue weighted by Crippen LogP contribution is -2.28. The molecule has 0 aliphatic heterocycles. The van der Waals surface area contributed by atoms with E-state index in [0.717, 1.165) is 48.5 Å². The summed E-state index contributed by atoms with van der Waals surface area (Å²) in [7, 11) is 0. The molecule has 0 unspecified atom stereocenters. The van der Waals surface area contributed by atoms with E-state index in [9.17, 15) is 90.7 Å². The summed E-state index contributed by atoms with van der Waals surface area (Å²) in [4.78, 5) is 46.0. The predicted molar refractivity (Wildman–Crippen MR) is 204 cm³/mol. The van der Waals surface area contributed by atoms with Gasteiger partial charge in [0, 0.05) is 12.8 Å². The quantitative estimate of drug-likeness (QED) is 0.0633. The molecule has 0 heterocycles. The Balaban J connectivity index is 0.000000320. The zero-order valence-corrected chi connectivity index (χ0v) is 31.4. The van der Waals surface area contributed by atoms with Gasteiger partial charge in [0.25, 0.3) is 0 Å². The number of carboxylic acids is 4. The molecule has 16 N–H and O–H groups in total. The van der Waals surface area contributed by atoms with Crippen LogP contribution in [0.5, 0.6) is 69.0 Å². The number of hydrogen-bond donors (Lipinski definition) is 16. The van der Waals surface area contributed by atoms with Crippen molar-refractivity contribution in [1.29, 1.82) is 0 Å². The normalized spacial score (nSPS) is 12.9. The van der Waals surface area contributed by atoms with Crippen LogP contribution in [0.25, 0.3) is 0 Å². The SMILES string of the molecule is O=C(O)CC[C@@H](Cc1cc(O)c(O)c(O)c1)[C@H](Cc1cc(O)c(O)c(O)c1)C(=O)O.O=C(O)CC[C@H](Cc1cc(O)c(O)c(O)c1)[C@@H](Cc1cc(O)c(O)c(O)c1)C(=O)O. The maximum atomic E-state index is 11.9. The first-order valence-electron chi connectivity index (χ1n) is 17.8. The number of phenolic OH excluding ortho intramolecular Hbond substituents is 12. The zero-order chi connectivity index (χ0) is 45.2. The van der Waals surface area contributed by atoms with Gasteiger partial charge in [-0.05, 0) is 121 Å². The lowest BCUT2D eigenvalue weighted by atomic mass is 9.80. The molecule has 0 fully saturated rings. The van der Waals surface area contributed by atoms with Gasteiger partial charge in [-0.3, -0.25) is 19.2 Å². The van der Waals surface area contributed by atoms with Crippen molar-refractivity contribution in [2.75, 3.05) is 0 Å². The van der Waals surface area contributed by atoms with E-state index in [0.29, 0.717) is 0 Å². The van der Waals surface area contributed by atoms with Gasteiger partial charge in [-0.25, -0.2) is 0 Å². The summed E-state index contributed by atoms with van der Waals surface area (Å²) in [5.74, 6) is -16.6. The second-order valence-electron chi connectivity index (χ2n) is 14.0. The molecule has 0 aliphatic rings. The van der Waals surface area contributed by atoms with Crippen molar-refractivity contribution in [2.24, 2.45) is 23.7 Å². The Morgan fingerprint density at radius 2 is 0.550 bits per heavy atom. The monoisotopic (exact) mass is 844 g/mol. The molecular formula is C40H44O20. The van der Waals surface area contributed by atoms with Crippen molar-refractivity contribution < 1.29 is 101 Å². The summed E-state index contributed by atoms with van der Waals surface area (Å²) >= 11 is 0. The third-order valence-corrected chi connectivity index (χ3v) is 9.66. The van der Waals surface area contributed by atoms with Gasteiger partial charge in [0.15, 0.2) is 69.0 Å². The van der Waals surface area contributed by atoms with Gasteiger partial charge in [-0.2, -0.15) is 0 Å². The van der Waals surface area contributed by atoms with Gasteiger partial charge in [-0.1, -0.05) is 0 Å². The van der Waals surface area contributed by atoms with Crippen LogP contribution in [0.15, 0.2) is 48.5 Å². The van der Waals surface area contributed by atoms with Crippen molar-refractivity contribution in [3.05, 3.63) is 70.8 Å². The highest BCUT2D eigenvalue weighted by Crippen LogP contribution is 2.41. The molecule has 0 radical (unpaired) electrons. The van der Waals surface area contributed by atoms with E-state index in [-0.39, 0.29) is 73.6 Å². The van der Waals surface area contributed by atoms with Gasteiger partial charge in [0.2, 0.25) is 0 Å². The second-order valence-corrected chi connectivity index (χ2v) is 14.0. The third-order valence-electron chi connectivity index (χ3n) is 9.66. The van der Waals surface area contributed by atoms with Crippen molar-refractivity contribution in [2.45, 2.75) is 51.4 Å². The molecule has 20 nitrogen and oxygen atoms in total. The number of carboxylic acid groups (broad SMARTS) is 4. The average Bonchev–Trinajstić information content (AvgIpc) is 3.15. The minimum Gasteiger partial charge on any atom is -0.504 e. The Morgan fingerprint density at radius 3 is 0.733 bits per heavy atom. The first kappa shape index (κ1) is 46.7. The van der Waals surface area contributed by atoms with Gasteiger partial charge < -0.3 is 81.7 Å². The molecule has 0 amide bonds. The van der Waals surface area contributed by atoms with E-state index in [1.807, 2.05) is 0 Å². The van der Waals surface area contributed by atoms with Crippen LogP contribution in [-0.2, 0) is 44.9 Å². The largest absolute Gasteiger partial charge is 0.504 e. The highest BCUT2D eigenvalue weighted by Gasteiger charge is 2.32. The molecule has 0 bridgehead atoms. The topological polar surface area (TPSA) is 392 Å². The second kappa shape index (κ2) is 20.2. The van der Waals surface area contributed by atoms with E-state index in [2.05, 4.69) is 0 Å². The van der Waals surface area contributed by atoms with E-state index < -0.39 is 117 Å². The molecule has 0 aliphatic carbocycles. The van der Waals surface area contributed by atoms with Gasteiger partial charge in [0.05, 0.1) is 11.8 Å². The average molecular weight is 845 g/mol. The minimum atomic E-state index is -1.26. The summed E-state index contributed by atoms with van der Waals surface area (Å²) < 4.78 is 0. The lowest BCUT2D eigenvalue weighted by molar-refractivity contribution is -0.145. The van der Waals surface area contributed by atoms with E-state index in [1.54, 1.807) is 0 Å². The third kappa shape index (κ3) is 12.7. The van der Waals surface area contributed by atoms with E-state index in [4.69, 9.17) is 10.2 Å². The maximum Gasteiger partial charge on any atom is 0.307 e. The summed E-state index contributed by atoms with van der Waals surface area (Å²) in [5, 5.41) is 153. The zero-order valence-electron chi connectivity index (χ0n) is 31.4. The molecule has 324 valence electrons. The summed E-state index contributed by atoms with van der Waals surface area (Å²) in [6, 6.07) is 8.93. The fourth-order valence-corrected chi connectivity index (χ4v) is 6.65. The maximum absolute atomic E-state index is 11.9. The van der Waals surface area contributed by atoms with Gasteiger partial charge in [-0.15, -0.1) is 0 Å². The number of aliphatic carboxylic acids is 4.